The van der Waals surface area contributed by atoms with Crippen LogP contribution in [-0.2, 0) is 12.8 Å². The molecule has 0 aliphatic carbocycles. The molecule has 0 atom stereocenters. The summed E-state index contributed by atoms with van der Waals surface area (Å²) in [6, 6.07) is 0. The van der Waals surface area contributed by atoms with E-state index >= 15 is 0 Å². The highest BCUT2D eigenvalue weighted by Gasteiger charge is 2.09. The van der Waals surface area contributed by atoms with E-state index in [0.717, 1.165) is 48.8 Å². The number of nitrogens with zero attached hydrogens (tertiary/aromatic N) is 5. The first-order valence-electron chi connectivity index (χ1n) is 11.6. The van der Waals surface area contributed by atoms with Gasteiger partial charge in [-0.3, -0.25) is 0 Å². The van der Waals surface area contributed by atoms with Crippen LogP contribution in [-0.4, -0.2) is 33.0 Å². The van der Waals surface area contributed by atoms with Crippen LogP contribution in [0.4, 0.5) is 5.95 Å². The number of rotatable bonds is 15. The molecular formula is C24H39N5. The van der Waals surface area contributed by atoms with Gasteiger partial charge < -0.3 is 4.90 Å². The summed E-state index contributed by atoms with van der Waals surface area (Å²) in [5.41, 5.74) is 2.22. The van der Waals surface area contributed by atoms with Gasteiger partial charge in [-0.2, -0.15) is 0 Å². The molecule has 0 saturated heterocycles. The Bertz CT molecular complexity index is 646. The molecule has 0 radical (unpaired) electrons. The van der Waals surface area contributed by atoms with Crippen molar-refractivity contribution in [3.05, 3.63) is 41.7 Å². The van der Waals surface area contributed by atoms with E-state index in [0.29, 0.717) is 0 Å². The van der Waals surface area contributed by atoms with Crippen molar-refractivity contribution in [1.82, 2.24) is 19.9 Å². The van der Waals surface area contributed by atoms with Gasteiger partial charge in [0.25, 0.3) is 0 Å². The lowest BCUT2D eigenvalue weighted by Gasteiger charge is -2.22. The molecule has 2 heterocycles. The standard InChI is InChI=1S/C24H39N5/c1-4-7-10-11-12-13-23-25-17-21(18-26-23)16-22-19-27-24(28-20-22)29(14-8-5-2)15-9-6-3/h17-20H,4-16H2,1-3H3. The number of hydrogen-bond donors (Lipinski definition) is 0. The molecular weight excluding hydrogens is 358 g/mol. The molecule has 2 rings (SSSR count). The van der Waals surface area contributed by atoms with Crippen LogP contribution in [0.1, 0.15) is 95.5 Å². The fourth-order valence-electron chi connectivity index (χ4n) is 3.34. The van der Waals surface area contributed by atoms with Crippen molar-refractivity contribution in [3.8, 4) is 0 Å². The van der Waals surface area contributed by atoms with Crippen molar-refractivity contribution < 1.29 is 0 Å². The van der Waals surface area contributed by atoms with Gasteiger partial charge in [-0.05, 0) is 30.4 Å². The lowest BCUT2D eigenvalue weighted by atomic mass is 10.1. The van der Waals surface area contributed by atoms with Gasteiger partial charge in [0, 0.05) is 50.7 Å². The highest BCUT2D eigenvalue weighted by atomic mass is 15.2. The molecule has 5 nitrogen and oxygen atoms in total. The lowest BCUT2D eigenvalue weighted by molar-refractivity contribution is 0.622. The Morgan fingerprint density at radius 3 is 1.69 bits per heavy atom. The SMILES string of the molecule is CCCCCCCc1ncc(Cc2cnc(N(CCCC)CCCC)nc2)cn1. The second kappa shape index (κ2) is 14.0. The minimum atomic E-state index is 0.779. The van der Waals surface area contributed by atoms with Crippen molar-refractivity contribution in [1.29, 1.82) is 0 Å². The van der Waals surface area contributed by atoms with Crippen LogP contribution in [0.5, 0.6) is 0 Å². The molecule has 0 saturated carbocycles. The maximum absolute atomic E-state index is 4.64. The highest BCUT2D eigenvalue weighted by Crippen LogP contribution is 2.13. The van der Waals surface area contributed by atoms with E-state index in [2.05, 4.69) is 45.6 Å². The molecule has 0 fully saturated rings. The summed E-state index contributed by atoms with van der Waals surface area (Å²) in [4.78, 5) is 20.7. The van der Waals surface area contributed by atoms with E-state index in [-0.39, 0.29) is 0 Å². The summed E-state index contributed by atoms with van der Waals surface area (Å²) in [7, 11) is 0. The van der Waals surface area contributed by atoms with Crippen LogP contribution in [0, 0.1) is 0 Å². The van der Waals surface area contributed by atoms with E-state index in [1.165, 1.54) is 57.8 Å². The first kappa shape index (κ1) is 23.2. The maximum atomic E-state index is 4.64. The lowest BCUT2D eigenvalue weighted by Crippen LogP contribution is -2.27. The summed E-state index contributed by atoms with van der Waals surface area (Å²) >= 11 is 0. The molecule has 160 valence electrons. The van der Waals surface area contributed by atoms with Gasteiger partial charge in [0.05, 0.1) is 0 Å². The zero-order chi connectivity index (χ0) is 20.7. The Morgan fingerprint density at radius 1 is 0.621 bits per heavy atom. The second-order valence-electron chi connectivity index (χ2n) is 7.93. The quantitative estimate of drug-likeness (QED) is 0.357. The predicted octanol–water partition coefficient (Wildman–Crippen LogP) is 5.78. The van der Waals surface area contributed by atoms with Gasteiger partial charge >= 0.3 is 0 Å². The van der Waals surface area contributed by atoms with Crippen molar-refractivity contribution in [2.75, 3.05) is 18.0 Å². The Balaban J connectivity index is 1.86. The highest BCUT2D eigenvalue weighted by molar-refractivity contribution is 5.30. The third kappa shape index (κ3) is 8.88. The van der Waals surface area contributed by atoms with Gasteiger partial charge in [0.15, 0.2) is 0 Å². The van der Waals surface area contributed by atoms with Gasteiger partial charge in [-0.25, -0.2) is 19.9 Å². The number of anilines is 1. The molecule has 29 heavy (non-hydrogen) atoms. The van der Waals surface area contributed by atoms with Crippen molar-refractivity contribution in [3.63, 3.8) is 0 Å². The van der Waals surface area contributed by atoms with Crippen LogP contribution in [0.25, 0.3) is 0 Å². The summed E-state index contributed by atoms with van der Waals surface area (Å²) in [5, 5.41) is 0. The van der Waals surface area contributed by atoms with Crippen LogP contribution in [0.15, 0.2) is 24.8 Å². The first-order valence-corrected chi connectivity index (χ1v) is 11.6. The van der Waals surface area contributed by atoms with E-state index in [1.54, 1.807) is 0 Å². The van der Waals surface area contributed by atoms with Crippen molar-refractivity contribution in [2.24, 2.45) is 0 Å². The predicted molar refractivity (Wildman–Crippen MR) is 121 cm³/mol. The molecule has 0 aliphatic rings. The Hall–Kier alpha value is -2.04. The van der Waals surface area contributed by atoms with Gasteiger partial charge in [0.1, 0.15) is 5.82 Å². The number of aryl methyl sites for hydroxylation is 1. The average molecular weight is 398 g/mol. The molecule has 0 N–H and O–H groups in total. The zero-order valence-corrected chi connectivity index (χ0v) is 18.7. The first-order chi connectivity index (χ1) is 14.3. The van der Waals surface area contributed by atoms with Crippen LogP contribution >= 0.6 is 0 Å². The molecule has 0 amide bonds. The monoisotopic (exact) mass is 397 g/mol. The summed E-state index contributed by atoms with van der Waals surface area (Å²) < 4.78 is 0. The Kier molecular flexibility index (Phi) is 11.2. The number of aromatic nitrogens is 4. The molecule has 2 aromatic rings. The van der Waals surface area contributed by atoms with Crippen molar-refractivity contribution in [2.45, 2.75) is 91.4 Å². The topological polar surface area (TPSA) is 54.8 Å². The second-order valence-corrected chi connectivity index (χ2v) is 7.93. The van der Waals surface area contributed by atoms with Crippen molar-refractivity contribution >= 4 is 5.95 Å². The van der Waals surface area contributed by atoms with Gasteiger partial charge in [0.2, 0.25) is 5.95 Å². The minimum absolute atomic E-state index is 0.779. The third-order valence-electron chi connectivity index (χ3n) is 5.21. The molecule has 2 aromatic heterocycles. The molecule has 0 aromatic carbocycles. The largest absolute Gasteiger partial charge is 0.341 e. The third-order valence-corrected chi connectivity index (χ3v) is 5.21. The average Bonchev–Trinajstić information content (AvgIpc) is 2.76. The fraction of sp³-hybridized carbons (Fsp3) is 0.667. The van der Waals surface area contributed by atoms with E-state index in [1.807, 2.05) is 24.8 Å². The fourth-order valence-corrected chi connectivity index (χ4v) is 3.34. The molecule has 0 bridgehead atoms. The molecule has 0 unspecified atom stereocenters. The Labute approximate surface area is 177 Å². The smallest absolute Gasteiger partial charge is 0.225 e. The van der Waals surface area contributed by atoms with E-state index < -0.39 is 0 Å². The maximum Gasteiger partial charge on any atom is 0.225 e. The molecule has 5 heteroatoms. The van der Waals surface area contributed by atoms with Crippen LogP contribution in [0.2, 0.25) is 0 Å². The van der Waals surface area contributed by atoms with Crippen LogP contribution in [0.3, 0.4) is 0 Å². The van der Waals surface area contributed by atoms with Crippen LogP contribution < -0.4 is 4.90 Å². The van der Waals surface area contributed by atoms with E-state index in [9.17, 15) is 0 Å². The molecule has 0 spiro atoms. The Morgan fingerprint density at radius 2 is 1.14 bits per heavy atom. The summed E-state index contributed by atoms with van der Waals surface area (Å²) in [6.45, 7) is 8.76. The summed E-state index contributed by atoms with van der Waals surface area (Å²) in [5.74, 6) is 1.81. The number of hydrogen-bond acceptors (Lipinski definition) is 5. The molecule has 0 aliphatic heterocycles. The normalized spacial score (nSPS) is 11.0. The summed E-state index contributed by atoms with van der Waals surface area (Å²) in [6.07, 6.45) is 20.7. The van der Waals surface area contributed by atoms with Gasteiger partial charge in [-0.15, -0.1) is 0 Å². The zero-order valence-electron chi connectivity index (χ0n) is 18.7. The van der Waals surface area contributed by atoms with Gasteiger partial charge in [-0.1, -0.05) is 59.3 Å². The number of unbranched alkanes of at least 4 members (excludes halogenated alkanes) is 6. The van der Waals surface area contributed by atoms with E-state index in [4.69, 9.17) is 0 Å². The minimum Gasteiger partial charge on any atom is -0.341 e.